The number of aliphatic hydroxyl groups is 2. The van der Waals surface area contributed by atoms with Crippen molar-refractivity contribution in [3.8, 4) is 0 Å². The summed E-state index contributed by atoms with van der Waals surface area (Å²) in [4.78, 5) is 0. The van der Waals surface area contributed by atoms with Crippen molar-refractivity contribution in [3.05, 3.63) is 77.7 Å². The molecule has 0 spiro atoms. The van der Waals surface area contributed by atoms with E-state index in [1.54, 1.807) is 0 Å². The monoisotopic (exact) mass is 266 g/mol. The van der Waals surface area contributed by atoms with Gasteiger partial charge in [0.2, 0.25) is 0 Å². The second kappa shape index (κ2) is 5.41. The maximum Gasteiger partial charge on any atom is 0.162 e. The highest BCUT2D eigenvalue weighted by Gasteiger charge is 2.48. The standard InChI is InChI=1S/C19H21O/c1-15(2)18-13-19(14-20-18,16-9-5-3-6-10-16)17-11-7-4-8-12-17/h3-12,18H,13-14H2,1-2H3/p+1. The third-order valence-corrected chi connectivity index (χ3v) is 4.44. The van der Waals surface area contributed by atoms with E-state index in [-0.39, 0.29) is 5.41 Å². The number of hydrogen-bond donors (Lipinski definition) is 0. The highest BCUT2D eigenvalue weighted by atomic mass is 16.5. The molecule has 1 aliphatic heterocycles. The predicted octanol–water partition coefficient (Wildman–Crippen LogP) is 3.89. The van der Waals surface area contributed by atoms with E-state index >= 15 is 0 Å². The SMILES string of the molecule is C[C](C)C1CC(c2ccccc2)(c2ccccc2)C[OH+]1. The van der Waals surface area contributed by atoms with E-state index < -0.39 is 0 Å². The quantitative estimate of drug-likeness (QED) is 0.748. The van der Waals surface area contributed by atoms with Gasteiger partial charge in [0.15, 0.2) is 12.7 Å². The molecule has 2 aromatic carbocycles. The van der Waals surface area contributed by atoms with Crippen molar-refractivity contribution in [1.82, 2.24) is 0 Å². The van der Waals surface area contributed by atoms with Crippen LogP contribution in [0.4, 0.5) is 0 Å². The summed E-state index contributed by atoms with van der Waals surface area (Å²) in [6, 6.07) is 21.7. The molecule has 0 bridgehead atoms. The highest BCUT2D eigenvalue weighted by Crippen LogP contribution is 2.43. The van der Waals surface area contributed by atoms with Crippen molar-refractivity contribution in [2.45, 2.75) is 31.8 Å². The Balaban J connectivity index is 2.06. The average molecular weight is 266 g/mol. The Kier molecular flexibility index (Phi) is 3.62. The molecular weight excluding hydrogens is 244 g/mol. The number of rotatable bonds is 3. The van der Waals surface area contributed by atoms with Crippen molar-refractivity contribution in [2.24, 2.45) is 0 Å². The highest BCUT2D eigenvalue weighted by molar-refractivity contribution is 5.41. The first kappa shape index (κ1) is 13.4. The van der Waals surface area contributed by atoms with E-state index in [1.807, 2.05) is 0 Å². The summed E-state index contributed by atoms with van der Waals surface area (Å²) in [6.07, 6.45) is 1.47. The zero-order chi connectivity index (χ0) is 14.0. The van der Waals surface area contributed by atoms with Crippen LogP contribution in [0.5, 0.6) is 0 Å². The van der Waals surface area contributed by atoms with Crippen LogP contribution in [-0.4, -0.2) is 17.4 Å². The number of benzene rings is 2. The van der Waals surface area contributed by atoms with Crippen LogP contribution in [0.3, 0.4) is 0 Å². The lowest BCUT2D eigenvalue weighted by atomic mass is 9.72. The van der Waals surface area contributed by atoms with Crippen LogP contribution in [0.15, 0.2) is 60.7 Å². The van der Waals surface area contributed by atoms with E-state index in [1.165, 1.54) is 17.0 Å². The molecular formula is C19H22O+. The van der Waals surface area contributed by atoms with Crippen molar-refractivity contribution in [1.29, 1.82) is 0 Å². The molecule has 2 aromatic rings. The van der Waals surface area contributed by atoms with Crippen LogP contribution >= 0.6 is 0 Å². The molecule has 0 saturated carbocycles. The summed E-state index contributed by atoms with van der Waals surface area (Å²) in [5.74, 6) is 1.42. The van der Waals surface area contributed by atoms with E-state index in [9.17, 15) is 0 Å². The van der Waals surface area contributed by atoms with Gasteiger partial charge in [-0.15, -0.1) is 0 Å². The van der Waals surface area contributed by atoms with Gasteiger partial charge in [0, 0.05) is 12.3 Å². The van der Waals surface area contributed by atoms with Gasteiger partial charge in [-0.2, -0.15) is 0 Å². The third-order valence-electron chi connectivity index (χ3n) is 4.44. The lowest BCUT2D eigenvalue weighted by Gasteiger charge is -2.26. The van der Waals surface area contributed by atoms with Gasteiger partial charge in [0.1, 0.15) is 0 Å². The average Bonchev–Trinajstić information content (AvgIpc) is 2.96. The summed E-state index contributed by atoms with van der Waals surface area (Å²) >= 11 is 0. The minimum Gasteiger partial charge on any atom is -0.430 e. The summed E-state index contributed by atoms with van der Waals surface area (Å²) in [7, 11) is 0. The fraction of sp³-hybridized carbons (Fsp3) is 0.316. The zero-order valence-electron chi connectivity index (χ0n) is 12.2. The fourth-order valence-corrected chi connectivity index (χ4v) is 3.21. The molecule has 1 fully saturated rings. The first-order valence-corrected chi connectivity index (χ1v) is 7.30. The Hall–Kier alpha value is -1.60. The maximum atomic E-state index is 4.90. The van der Waals surface area contributed by atoms with Gasteiger partial charge in [-0.1, -0.05) is 74.5 Å². The van der Waals surface area contributed by atoms with Crippen LogP contribution < -0.4 is 0 Å². The Morgan fingerprint density at radius 2 is 1.40 bits per heavy atom. The Bertz CT molecular complexity index is 505. The molecule has 0 amide bonds. The Morgan fingerprint density at radius 3 is 1.80 bits per heavy atom. The normalized spacial score (nSPS) is 21.2. The smallest absolute Gasteiger partial charge is 0.162 e. The molecule has 1 saturated heterocycles. The summed E-state index contributed by atoms with van der Waals surface area (Å²) < 4.78 is 4.90. The molecule has 1 aliphatic rings. The zero-order valence-corrected chi connectivity index (χ0v) is 12.2. The molecule has 103 valence electrons. The Morgan fingerprint density at radius 1 is 0.900 bits per heavy atom. The molecule has 3 rings (SSSR count). The van der Waals surface area contributed by atoms with Crippen LogP contribution in [0.25, 0.3) is 0 Å². The first-order valence-electron chi connectivity index (χ1n) is 7.30. The van der Waals surface area contributed by atoms with Gasteiger partial charge in [-0.3, -0.25) is 0 Å². The van der Waals surface area contributed by atoms with Gasteiger partial charge in [0.25, 0.3) is 0 Å². The van der Waals surface area contributed by atoms with Gasteiger partial charge in [-0.05, 0) is 11.1 Å². The van der Waals surface area contributed by atoms with Crippen molar-refractivity contribution < 1.29 is 4.74 Å². The molecule has 1 radical (unpaired) electrons. The van der Waals surface area contributed by atoms with Crippen LogP contribution in [-0.2, 0) is 5.41 Å². The van der Waals surface area contributed by atoms with E-state index in [4.69, 9.17) is 4.74 Å². The van der Waals surface area contributed by atoms with E-state index in [0.29, 0.717) is 6.10 Å². The third kappa shape index (κ3) is 2.27. The molecule has 1 unspecified atom stereocenters. The fourth-order valence-electron chi connectivity index (χ4n) is 3.21. The predicted molar refractivity (Wildman–Crippen MR) is 83.7 cm³/mol. The van der Waals surface area contributed by atoms with Crippen LogP contribution in [0.2, 0.25) is 0 Å². The van der Waals surface area contributed by atoms with E-state index in [0.717, 1.165) is 13.0 Å². The molecule has 1 N–H and O–H groups in total. The lowest BCUT2D eigenvalue weighted by Crippen LogP contribution is -2.28. The molecule has 20 heavy (non-hydrogen) atoms. The second-order valence-electron chi connectivity index (χ2n) is 5.95. The molecule has 1 heterocycles. The molecule has 1 atom stereocenters. The minimum absolute atomic E-state index is 0.0461. The van der Waals surface area contributed by atoms with Gasteiger partial charge in [0.05, 0.1) is 5.41 Å². The van der Waals surface area contributed by atoms with Gasteiger partial charge >= 0.3 is 0 Å². The first-order chi connectivity index (χ1) is 9.72. The van der Waals surface area contributed by atoms with Gasteiger partial charge < -0.3 is 4.74 Å². The number of hydrogen-bond acceptors (Lipinski definition) is 0. The molecule has 1 nitrogen and oxygen atoms in total. The minimum atomic E-state index is 0.0461. The van der Waals surface area contributed by atoms with E-state index in [2.05, 4.69) is 74.5 Å². The lowest BCUT2D eigenvalue weighted by molar-refractivity contribution is -0.0543. The maximum absolute atomic E-state index is 4.90. The number of ether oxygens (including phenoxy) is 1. The van der Waals surface area contributed by atoms with Gasteiger partial charge in [-0.25, -0.2) is 0 Å². The largest absolute Gasteiger partial charge is 0.430 e. The Labute approximate surface area is 121 Å². The van der Waals surface area contributed by atoms with Crippen LogP contribution in [0.1, 0.15) is 31.4 Å². The van der Waals surface area contributed by atoms with Crippen molar-refractivity contribution in [3.63, 3.8) is 0 Å². The summed E-state index contributed by atoms with van der Waals surface area (Å²) in [5, 5.41) is 0. The summed E-state index contributed by atoms with van der Waals surface area (Å²) in [5.41, 5.74) is 2.82. The van der Waals surface area contributed by atoms with Crippen molar-refractivity contribution in [2.75, 3.05) is 6.61 Å². The second-order valence-corrected chi connectivity index (χ2v) is 5.95. The van der Waals surface area contributed by atoms with Crippen LogP contribution in [0, 0.1) is 5.92 Å². The molecule has 0 aromatic heterocycles. The summed E-state index contributed by atoms with van der Waals surface area (Å²) in [6.45, 7) is 5.28. The topological polar surface area (TPSA) is 12.8 Å². The molecule has 1 heteroatoms. The molecule has 0 aliphatic carbocycles. The van der Waals surface area contributed by atoms with Crippen molar-refractivity contribution >= 4 is 0 Å².